The molecule has 0 aliphatic heterocycles. The van der Waals surface area contributed by atoms with Crippen molar-refractivity contribution in [1.82, 2.24) is 4.98 Å². The van der Waals surface area contributed by atoms with Gasteiger partial charge in [-0.15, -0.1) is 11.3 Å². The smallest absolute Gasteiger partial charge is 0.144 e. The molecule has 3 nitrogen and oxygen atoms in total. The van der Waals surface area contributed by atoms with Crippen molar-refractivity contribution in [2.75, 3.05) is 12.4 Å². The van der Waals surface area contributed by atoms with Crippen LogP contribution >= 0.6 is 11.3 Å². The normalized spacial score (nSPS) is 9.81. The average Bonchev–Trinajstić information content (AvgIpc) is 2.82. The van der Waals surface area contributed by atoms with Gasteiger partial charge in [0.15, 0.2) is 0 Å². The molecule has 0 saturated heterocycles. The number of hydrogen-bond acceptors (Lipinski definition) is 4. The van der Waals surface area contributed by atoms with Crippen LogP contribution in [0.3, 0.4) is 0 Å². The van der Waals surface area contributed by atoms with Gasteiger partial charge in [-0.05, 0) is 30.0 Å². The molecule has 0 unspecified atom stereocenters. The maximum atomic E-state index is 8.97. The third-order valence-corrected chi connectivity index (χ3v) is 3.20. The van der Waals surface area contributed by atoms with Crippen molar-refractivity contribution in [3.05, 3.63) is 34.7 Å². The van der Waals surface area contributed by atoms with Gasteiger partial charge < -0.3 is 5.32 Å². The summed E-state index contributed by atoms with van der Waals surface area (Å²) in [6.45, 7) is 1.97. The Hall–Kier alpha value is -1.86. The summed E-state index contributed by atoms with van der Waals surface area (Å²) in [7, 11) is 1.77. The van der Waals surface area contributed by atoms with Crippen LogP contribution in [-0.4, -0.2) is 12.0 Å². The molecule has 16 heavy (non-hydrogen) atoms. The zero-order valence-electron chi connectivity index (χ0n) is 9.11. The predicted molar refractivity (Wildman–Crippen MR) is 66.5 cm³/mol. The summed E-state index contributed by atoms with van der Waals surface area (Å²) in [5.74, 6) is 0.636. The number of nitrogens with zero attached hydrogens (tertiary/aromatic N) is 2. The molecule has 0 bridgehead atoms. The van der Waals surface area contributed by atoms with E-state index in [1.54, 1.807) is 18.4 Å². The van der Waals surface area contributed by atoms with Crippen molar-refractivity contribution in [2.45, 2.75) is 6.92 Å². The van der Waals surface area contributed by atoms with Crippen LogP contribution in [0.25, 0.3) is 10.6 Å². The lowest BCUT2D eigenvalue weighted by Crippen LogP contribution is -1.99. The zero-order valence-corrected chi connectivity index (χ0v) is 9.93. The number of nitrogens with one attached hydrogen (secondary N) is 1. The fourth-order valence-corrected chi connectivity index (χ4v) is 2.33. The lowest BCUT2D eigenvalue weighted by Gasteiger charge is -2.07. The van der Waals surface area contributed by atoms with Crippen LogP contribution in [0.1, 0.15) is 11.1 Å². The van der Waals surface area contributed by atoms with Crippen LogP contribution in [0.4, 0.5) is 5.82 Å². The van der Waals surface area contributed by atoms with Gasteiger partial charge in [-0.3, -0.25) is 0 Å². The molecule has 0 fully saturated rings. The first-order valence-electron chi connectivity index (χ1n) is 4.89. The quantitative estimate of drug-likeness (QED) is 0.861. The lowest BCUT2D eigenvalue weighted by molar-refractivity contribution is 1.24. The monoisotopic (exact) mass is 229 g/mol. The van der Waals surface area contributed by atoms with Crippen LogP contribution in [0.15, 0.2) is 23.6 Å². The van der Waals surface area contributed by atoms with E-state index in [0.717, 1.165) is 16.1 Å². The molecule has 0 amide bonds. The van der Waals surface area contributed by atoms with Crippen molar-refractivity contribution >= 4 is 17.2 Å². The van der Waals surface area contributed by atoms with E-state index in [0.29, 0.717) is 11.4 Å². The van der Waals surface area contributed by atoms with E-state index in [1.807, 2.05) is 30.5 Å². The Bertz CT molecular complexity index is 538. The SMILES string of the molecule is CNc1nc(-c2cccs2)c(C)cc1C#N. The Balaban J connectivity index is 2.61. The number of anilines is 1. The third-order valence-electron chi connectivity index (χ3n) is 2.32. The van der Waals surface area contributed by atoms with Crippen LogP contribution in [0.5, 0.6) is 0 Å². The number of pyridine rings is 1. The van der Waals surface area contributed by atoms with E-state index >= 15 is 0 Å². The molecule has 0 saturated carbocycles. The number of aryl methyl sites for hydroxylation is 1. The Morgan fingerprint density at radius 2 is 2.31 bits per heavy atom. The number of aromatic nitrogens is 1. The maximum absolute atomic E-state index is 8.97. The van der Waals surface area contributed by atoms with E-state index in [2.05, 4.69) is 16.4 Å². The minimum Gasteiger partial charge on any atom is -0.372 e. The van der Waals surface area contributed by atoms with E-state index in [4.69, 9.17) is 5.26 Å². The fraction of sp³-hybridized carbons (Fsp3) is 0.167. The molecule has 1 N–H and O–H groups in total. The molecule has 0 aliphatic rings. The Kier molecular flexibility index (Phi) is 2.88. The van der Waals surface area contributed by atoms with Crippen molar-refractivity contribution in [3.63, 3.8) is 0 Å². The van der Waals surface area contributed by atoms with Gasteiger partial charge >= 0.3 is 0 Å². The van der Waals surface area contributed by atoms with Crippen LogP contribution in [-0.2, 0) is 0 Å². The van der Waals surface area contributed by atoms with Crippen LogP contribution in [0, 0.1) is 18.3 Å². The second-order valence-electron chi connectivity index (χ2n) is 3.39. The minimum atomic E-state index is 0.584. The molecule has 0 atom stereocenters. The second-order valence-corrected chi connectivity index (χ2v) is 4.34. The van der Waals surface area contributed by atoms with E-state index in [-0.39, 0.29) is 0 Å². The molecular formula is C12H11N3S. The highest BCUT2D eigenvalue weighted by molar-refractivity contribution is 7.13. The lowest BCUT2D eigenvalue weighted by atomic mass is 10.1. The van der Waals surface area contributed by atoms with Crippen molar-refractivity contribution in [3.8, 4) is 16.6 Å². The molecule has 4 heteroatoms. The Morgan fingerprint density at radius 1 is 1.50 bits per heavy atom. The first-order chi connectivity index (χ1) is 7.76. The number of rotatable bonds is 2. The molecule has 80 valence electrons. The summed E-state index contributed by atoms with van der Waals surface area (Å²) in [6, 6.07) is 8.04. The zero-order chi connectivity index (χ0) is 11.5. The van der Waals surface area contributed by atoms with Gasteiger partial charge in [0.05, 0.1) is 16.1 Å². The third kappa shape index (κ3) is 1.77. The maximum Gasteiger partial charge on any atom is 0.144 e. The van der Waals surface area contributed by atoms with Gasteiger partial charge in [0.25, 0.3) is 0 Å². The molecule has 0 aromatic carbocycles. The van der Waals surface area contributed by atoms with Crippen LogP contribution in [0.2, 0.25) is 0 Å². The molecule has 2 aromatic heterocycles. The molecule has 2 rings (SSSR count). The Morgan fingerprint density at radius 3 is 2.88 bits per heavy atom. The highest BCUT2D eigenvalue weighted by atomic mass is 32.1. The van der Waals surface area contributed by atoms with Crippen molar-refractivity contribution in [1.29, 1.82) is 5.26 Å². The van der Waals surface area contributed by atoms with Crippen molar-refractivity contribution in [2.24, 2.45) is 0 Å². The van der Waals surface area contributed by atoms with Gasteiger partial charge in [-0.1, -0.05) is 6.07 Å². The number of hydrogen-bond donors (Lipinski definition) is 1. The van der Waals surface area contributed by atoms with E-state index < -0.39 is 0 Å². The molecule has 2 heterocycles. The van der Waals surface area contributed by atoms with Gasteiger partial charge in [0.1, 0.15) is 11.9 Å². The predicted octanol–water partition coefficient (Wildman–Crippen LogP) is 3.03. The topological polar surface area (TPSA) is 48.7 Å². The van der Waals surface area contributed by atoms with E-state index in [1.165, 1.54) is 0 Å². The summed E-state index contributed by atoms with van der Waals surface area (Å²) in [5, 5.41) is 13.9. The summed E-state index contributed by atoms with van der Waals surface area (Å²) >= 11 is 1.65. The van der Waals surface area contributed by atoms with E-state index in [9.17, 15) is 0 Å². The van der Waals surface area contributed by atoms with Gasteiger partial charge in [0.2, 0.25) is 0 Å². The summed E-state index contributed by atoms with van der Waals surface area (Å²) in [4.78, 5) is 5.60. The standard InChI is InChI=1S/C12H11N3S/c1-8-6-9(7-13)12(14-2)15-11(8)10-4-3-5-16-10/h3-6H,1-2H3,(H,14,15). The number of thiophene rings is 1. The minimum absolute atomic E-state index is 0.584. The second kappa shape index (κ2) is 4.33. The summed E-state index contributed by atoms with van der Waals surface area (Å²) < 4.78 is 0. The number of nitriles is 1. The largest absolute Gasteiger partial charge is 0.372 e. The first-order valence-corrected chi connectivity index (χ1v) is 5.77. The molecule has 0 spiro atoms. The van der Waals surface area contributed by atoms with Crippen molar-refractivity contribution < 1.29 is 0 Å². The fourth-order valence-electron chi connectivity index (χ4n) is 1.55. The Labute approximate surface area is 98.4 Å². The first kappa shape index (κ1) is 10.7. The van der Waals surface area contributed by atoms with Crippen LogP contribution < -0.4 is 5.32 Å². The summed E-state index contributed by atoms with van der Waals surface area (Å²) in [6.07, 6.45) is 0. The highest BCUT2D eigenvalue weighted by Gasteiger charge is 2.10. The molecule has 0 radical (unpaired) electrons. The van der Waals surface area contributed by atoms with Gasteiger partial charge in [-0.25, -0.2) is 4.98 Å². The average molecular weight is 229 g/mol. The molecule has 2 aromatic rings. The van der Waals surface area contributed by atoms with Gasteiger partial charge in [0, 0.05) is 7.05 Å². The highest BCUT2D eigenvalue weighted by Crippen LogP contribution is 2.28. The molecular weight excluding hydrogens is 218 g/mol. The molecule has 0 aliphatic carbocycles. The van der Waals surface area contributed by atoms with Gasteiger partial charge in [-0.2, -0.15) is 5.26 Å². The summed E-state index contributed by atoms with van der Waals surface area (Å²) in [5.41, 5.74) is 2.55.